The average molecular weight is 459 g/mol. The maximum atomic E-state index is 13.3. The van der Waals surface area contributed by atoms with Crippen molar-refractivity contribution >= 4 is 21.5 Å². The van der Waals surface area contributed by atoms with Crippen LogP contribution in [0, 0.1) is 18.8 Å². The number of carbonyl (C=O) groups is 1. The number of nitrogens with two attached hydrogens (primary N) is 1. The zero-order chi connectivity index (χ0) is 23.9. The van der Waals surface area contributed by atoms with Crippen LogP contribution in [0.25, 0.3) is 0 Å². The first-order chi connectivity index (χ1) is 15.2. The van der Waals surface area contributed by atoms with Gasteiger partial charge in [0.25, 0.3) is 0 Å². The number of rotatable bonds is 8. The second-order valence-corrected chi connectivity index (χ2v) is 9.02. The Labute approximate surface area is 190 Å². The van der Waals surface area contributed by atoms with Crippen molar-refractivity contribution in [2.75, 3.05) is 39.6 Å². The summed E-state index contributed by atoms with van der Waals surface area (Å²) in [4.78, 5) is 14.6. The Balaban J connectivity index is 2.54. The van der Waals surface area contributed by atoms with Gasteiger partial charge < -0.3 is 15.2 Å². The minimum absolute atomic E-state index is 0.0481. The van der Waals surface area contributed by atoms with Crippen LogP contribution in [0.4, 0.5) is 5.69 Å². The van der Waals surface area contributed by atoms with Crippen LogP contribution in [0.2, 0.25) is 0 Å². The highest BCUT2D eigenvalue weighted by atomic mass is 32.2. The van der Waals surface area contributed by atoms with Crippen molar-refractivity contribution in [3.63, 3.8) is 0 Å². The molecule has 2 aromatic carbocycles. The van der Waals surface area contributed by atoms with Gasteiger partial charge in [-0.15, -0.1) is 0 Å². The van der Waals surface area contributed by atoms with Gasteiger partial charge in [0.1, 0.15) is 5.75 Å². The van der Waals surface area contributed by atoms with E-state index in [0.29, 0.717) is 23.4 Å². The number of esters is 1. The summed E-state index contributed by atoms with van der Waals surface area (Å²) >= 11 is 0. The van der Waals surface area contributed by atoms with Crippen LogP contribution in [-0.4, -0.2) is 53.1 Å². The van der Waals surface area contributed by atoms with Crippen LogP contribution in [0.3, 0.4) is 0 Å². The lowest BCUT2D eigenvalue weighted by Gasteiger charge is -2.17. The summed E-state index contributed by atoms with van der Waals surface area (Å²) in [5.41, 5.74) is 7.55. The molecule has 0 heterocycles. The molecule has 2 aromatic rings. The SMILES string of the molecule is CCN(CC)CC#CCc1c(C(=O)OC)cc(S(=O)(=O)c2ccc(OC)cc2)c(N)c1C. The Morgan fingerprint density at radius 2 is 1.72 bits per heavy atom. The summed E-state index contributed by atoms with van der Waals surface area (Å²) in [6, 6.07) is 7.27. The highest BCUT2D eigenvalue weighted by molar-refractivity contribution is 7.91. The lowest BCUT2D eigenvalue weighted by Crippen LogP contribution is -2.22. The Morgan fingerprint density at radius 3 is 2.25 bits per heavy atom. The molecule has 0 aromatic heterocycles. The number of methoxy groups -OCH3 is 2. The summed E-state index contributed by atoms with van der Waals surface area (Å²) in [5.74, 6) is 6.06. The van der Waals surface area contributed by atoms with Crippen LogP contribution in [0.1, 0.15) is 35.3 Å². The Hall–Kier alpha value is -3.02. The Bertz CT molecular complexity index is 1130. The van der Waals surface area contributed by atoms with E-state index < -0.39 is 15.8 Å². The van der Waals surface area contributed by atoms with Crippen molar-refractivity contribution in [1.82, 2.24) is 4.90 Å². The lowest BCUT2D eigenvalue weighted by molar-refractivity contribution is 0.0599. The van der Waals surface area contributed by atoms with Crippen LogP contribution < -0.4 is 10.5 Å². The van der Waals surface area contributed by atoms with Crippen molar-refractivity contribution in [1.29, 1.82) is 0 Å². The van der Waals surface area contributed by atoms with Crippen LogP contribution in [0.15, 0.2) is 40.1 Å². The molecule has 0 aliphatic carbocycles. The van der Waals surface area contributed by atoms with Crippen LogP contribution >= 0.6 is 0 Å². The average Bonchev–Trinajstić information content (AvgIpc) is 2.81. The van der Waals surface area contributed by atoms with Crippen molar-refractivity contribution < 1.29 is 22.7 Å². The fraction of sp³-hybridized carbons (Fsp3) is 0.375. The fourth-order valence-corrected chi connectivity index (χ4v) is 4.70. The molecule has 0 atom stereocenters. The molecule has 0 spiro atoms. The molecule has 0 saturated carbocycles. The summed E-state index contributed by atoms with van der Waals surface area (Å²) in [5, 5.41) is 0. The van der Waals surface area contributed by atoms with E-state index in [1.165, 1.54) is 32.4 Å². The molecule has 0 aliphatic rings. The van der Waals surface area contributed by atoms with Gasteiger partial charge in [0.15, 0.2) is 0 Å². The third-order valence-electron chi connectivity index (χ3n) is 5.37. The monoisotopic (exact) mass is 458 g/mol. The molecular formula is C24H30N2O5S. The number of ether oxygens (including phenoxy) is 2. The van der Waals surface area contributed by atoms with Gasteiger partial charge in [0.05, 0.1) is 41.8 Å². The largest absolute Gasteiger partial charge is 0.497 e. The molecule has 0 bridgehead atoms. The third kappa shape index (κ3) is 5.42. The van der Waals surface area contributed by atoms with Crippen molar-refractivity contribution in [3.8, 4) is 17.6 Å². The van der Waals surface area contributed by atoms with Gasteiger partial charge in [-0.25, -0.2) is 13.2 Å². The number of carbonyl (C=O) groups excluding carboxylic acids is 1. The maximum Gasteiger partial charge on any atom is 0.338 e. The fourth-order valence-electron chi connectivity index (χ4n) is 3.24. The zero-order valence-corrected chi connectivity index (χ0v) is 20.0. The van der Waals surface area contributed by atoms with Gasteiger partial charge in [0, 0.05) is 6.42 Å². The Kier molecular flexibility index (Phi) is 8.70. The molecule has 2 rings (SSSR count). The summed E-state index contributed by atoms with van der Waals surface area (Å²) in [6.07, 6.45) is 0.255. The molecular weight excluding hydrogens is 428 g/mol. The highest BCUT2D eigenvalue weighted by Gasteiger charge is 2.27. The number of anilines is 1. The van der Waals surface area contributed by atoms with Crippen LogP contribution in [-0.2, 0) is 21.0 Å². The van der Waals surface area contributed by atoms with E-state index in [1.807, 2.05) is 0 Å². The molecule has 2 N–H and O–H groups in total. The summed E-state index contributed by atoms with van der Waals surface area (Å²) in [6.45, 7) is 8.21. The smallest absolute Gasteiger partial charge is 0.338 e. The van der Waals surface area contributed by atoms with E-state index in [0.717, 1.165) is 13.1 Å². The molecule has 8 heteroatoms. The number of nitrogen functional groups attached to an aromatic ring is 1. The summed E-state index contributed by atoms with van der Waals surface area (Å²) in [7, 11) is -1.22. The zero-order valence-electron chi connectivity index (χ0n) is 19.2. The second-order valence-electron chi connectivity index (χ2n) is 7.10. The maximum absolute atomic E-state index is 13.3. The molecule has 7 nitrogen and oxygen atoms in total. The van der Waals surface area contributed by atoms with E-state index in [-0.39, 0.29) is 27.5 Å². The summed E-state index contributed by atoms with van der Waals surface area (Å²) < 4.78 is 36.5. The van der Waals surface area contributed by atoms with Crippen LogP contribution in [0.5, 0.6) is 5.75 Å². The minimum atomic E-state index is -3.97. The molecule has 0 fully saturated rings. The quantitative estimate of drug-likeness (QED) is 0.369. The predicted molar refractivity (Wildman–Crippen MR) is 125 cm³/mol. The van der Waals surface area contributed by atoms with Gasteiger partial charge in [-0.3, -0.25) is 4.90 Å². The first-order valence-electron chi connectivity index (χ1n) is 10.3. The van der Waals surface area contributed by atoms with Gasteiger partial charge in [0.2, 0.25) is 9.84 Å². The van der Waals surface area contributed by atoms with E-state index in [2.05, 4.69) is 30.6 Å². The van der Waals surface area contributed by atoms with Crippen molar-refractivity contribution in [3.05, 3.63) is 47.0 Å². The molecule has 0 saturated heterocycles. The lowest BCUT2D eigenvalue weighted by atomic mass is 9.97. The highest BCUT2D eigenvalue weighted by Crippen LogP contribution is 2.33. The number of nitrogens with zero attached hydrogens (tertiary/aromatic N) is 1. The first kappa shape index (κ1) is 25.2. The second kappa shape index (κ2) is 11.0. The number of sulfone groups is 1. The number of benzene rings is 2. The predicted octanol–water partition coefficient (Wildman–Crippen LogP) is 3.09. The normalized spacial score (nSPS) is 11.1. The van der Waals surface area contributed by atoms with Crippen molar-refractivity contribution in [2.24, 2.45) is 0 Å². The first-order valence-corrected chi connectivity index (χ1v) is 11.8. The van der Waals surface area contributed by atoms with E-state index in [1.54, 1.807) is 19.1 Å². The van der Waals surface area contributed by atoms with Gasteiger partial charge >= 0.3 is 5.97 Å². The number of hydrogen-bond donors (Lipinski definition) is 1. The number of hydrogen-bond acceptors (Lipinski definition) is 7. The third-order valence-corrected chi connectivity index (χ3v) is 7.18. The molecule has 172 valence electrons. The van der Waals surface area contributed by atoms with E-state index in [4.69, 9.17) is 15.2 Å². The topological polar surface area (TPSA) is 98.9 Å². The van der Waals surface area contributed by atoms with E-state index in [9.17, 15) is 13.2 Å². The minimum Gasteiger partial charge on any atom is -0.497 e. The molecule has 0 amide bonds. The molecule has 0 aliphatic heterocycles. The van der Waals surface area contributed by atoms with Gasteiger partial charge in [-0.05, 0) is 61.5 Å². The molecule has 32 heavy (non-hydrogen) atoms. The Morgan fingerprint density at radius 1 is 1.09 bits per heavy atom. The van der Waals surface area contributed by atoms with Gasteiger partial charge in [-0.2, -0.15) is 0 Å². The molecule has 0 radical (unpaired) electrons. The van der Waals surface area contributed by atoms with E-state index >= 15 is 0 Å². The van der Waals surface area contributed by atoms with Gasteiger partial charge in [-0.1, -0.05) is 25.7 Å². The molecule has 0 unspecified atom stereocenters. The standard InChI is InChI=1S/C24H30N2O5S/c1-6-26(7-2)15-9-8-10-20-17(3)23(25)22(16-21(20)24(27)31-5)32(28,29)19-13-11-18(30-4)12-14-19/h11-14,16H,6-7,10,15,25H2,1-5H3. The van der Waals surface area contributed by atoms with Crippen molar-refractivity contribution in [2.45, 2.75) is 37.0 Å².